The van der Waals surface area contributed by atoms with E-state index in [4.69, 9.17) is 0 Å². The van der Waals surface area contributed by atoms with Crippen LogP contribution in [0.3, 0.4) is 0 Å². The van der Waals surface area contributed by atoms with Crippen LogP contribution < -0.4 is 10.6 Å². The Morgan fingerprint density at radius 3 is 2.23 bits per heavy atom. The molecule has 0 aliphatic rings. The van der Waals surface area contributed by atoms with Gasteiger partial charge in [0.05, 0.1) is 18.5 Å². The Kier molecular flexibility index (Phi) is 10.7. The van der Waals surface area contributed by atoms with Gasteiger partial charge in [0.2, 0.25) is 5.91 Å². The number of thioether (sulfide) groups is 1. The number of hydrogen-bond acceptors (Lipinski definition) is 6. The number of amides is 1. The summed E-state index contributed by atoms with van der Waals surface area (Å²) < 4.78 is 0. The molecule has 1 amide bonds. The molecule has 0 radical (unpaired) electrons. The molecule has 2 N–H and O–H groups in total. The molecule has 6 nitrogen and oxygen atoms in total. The predicted octanol–water partition coefficient (Wildman–Crippen LogP) is 0.587. The van der Waals surface area contributed by atoms with Crippen molar-refractivity contribution in [1.29, 1.82) is 0 Å². The van der Waals surface area contributed by atoms with Gasteiger partial charge in [-0.3, -0.25) is 19.2 Å². The van der Waals surface area contributed by atoms with E-state index in [1.54, 1.807) is 7.05 Å². The zero-order valence-electron chi connectivity index (χ0n) is 13.7. The highest BCUT2D eigenvalue weighted by Crippen LogP contribution is 2.13. The van der Waals surface area contributed by atoms with Crippen LogP contribution in [0.2, 0.25) is 0 Å². The van der Waals surface area contributed by atoms with E-state index in [0.717, 1.165) is 0 Å². The Hall–Kier alpha value is -1.21. The van der Waals surface area contributed by atoms with Crippen LogP contribution in [0.4, 0.5) is 0 Å². The fourth-order valence-corrected chi connectivity index (χ4v) is 2.69. The Morgan fingerprint density at radius 1 is 1.14 bits per heavy atom. The summed E-state index contributed by atoms with van der Waals surface area (Å²) in [5.74, 6) is -0.353. The average molecular weight is 330 g/mol. The maximum atomic E-state index is 12.0. The molecule has 2 atom stereocenters. The smallest absolute Gasteiger partial charge is 0.224 e. The molecule has 0 saturated carbocycles. The topological polar surface area (TPSA) is 92.3 Å². The molecule has 126 valence electrons. The van der Waals surface area contributed by atoms with Gasteiger partial charge < -0.3 is 10.6 Å². The van der Waals surface area contributed by atoms with E-state index >= 15 is 0 Å². The first kappa shape index (κ1) is 20.8. The number of carbonyl (C=O) groups excluding carboxylic acids is 4. The van der Waals surface area contributed by atoms with Gasteiger partial charge in [-0.25, -0.2) is 0 Å². The van der Waals surface area contributed by atoms with E-state index in [2.05, 4.69) is 10.6 Å². The molecule has 7 heteroatoms. The Morgan fingerprint density at radius 2 is 1.77 bits per heavy atom. The van der Waals surface area contributed by atoms with Crippen molar-refractivity contribution in [2.75, 3.05) is 25.6 Å². The summed E-state index contributed by atoms with van der Waals surface area (Å²) in [6.07, 6.45) is 2.70. The average Bonchev–Trinajstić information content (AvgIpc) is 2.44. The van der Waals surface area contributed by atoms with E-state index in [9.17, 15) is 19.2 Å². The van der Waals surface area contributed by atoms with Gasteiger partial charge in [-0.1, -0.05) is 0 Å². The van der Waals surface area contributed by atoms with Crippen LogP contribution >= 0.6 is 11.8 Å². The molecule has 0 bridgehead atoms. The van der Waals surface area contributed by atoms with Crippen molar-refractivity contribution in [3.63, 3.8) is 0 Å². The second-order valence-electron chi connectivity index (χ2n) is 5.31. The number of Topliss-reactive ketones (excluding diaryl/α,β-unsaturated/α-hetero) is 3. The molecule has 0 saturated heterocycles. The van der Waals surface area contributed by atoms with Crippen molar-refractivity contribution in [2.45, 2.75) is 39.2 Å². The largest absolute Gasteiger partial charge is 0.349 e. The highest BCUT2D eigenvalue weighted by atomic mass is 32.2. The summed E-state index contributed by atoms with van der Waals surface area (Å²) in [5, 5.41) is 5.41. The lowest BCUT2D eigenvalue weighted by Crippen LogP contribution is -2.36. The number of nitrogens with one attached hydrogen (secondary N) is 2. The van der Waals surface area contributed by atoms with Gasteiger partial charge >= 0.3 is 0 Å². The lowest BCUT2D eigenvalue weighted by molar-refractivity contribution is -0.130. The predicted molar refractivity (Wildman–Crippen MR) is 87.9 cm³/mol. The van der Waals surface area contributed by atoms with Crippen molar-refractivity contribution in [3.05, 3.63) is 0 Å². The molecule has 0 rings (SSSR count). The van der Waals surface area contributed by atoms with Crippen LogP contribution in [-0.2, 0) is 19.2 Å². The van der Waals surface area contributed by atoms with Gasteiger partial charge in [0.15, 0.2) is 0 Å². The number of carbonyl (C=O) groups is 4. The minimum Gasteiger partial charge on any atom is -0.349 e. The Bertz CT molecular complexity index is 412. The second-order valence-corrected chi connectivity index (χ2v) is 6.22. The number of ketones is 3. The molecular formula is C15H26N2O4S. The van der Waals surface area contributed by atoms with Crippen molar-refractivity contribution >= 4 is 35.0 Å². The molecule has 0 aliphatic heterocycles. The van der Waals surface area contributed by atoms with Crippen LogP contribution in [0.25, 0.3) is 0 Å². The lowest BCUT2D eigenvalue weighted by Gasteiger charge is -2.16. The maximum absolute atomic E-state index is 12.0. The summed E-state index contributed by atoms with van der Waals surface area (Å²) in [5.41, 5.74) is 0. The first-order valence-corrected chi connectivity index (χ1v) is 8.66. The van der Waals surface area contributed by atoms with Gasteiger partial charge in [-0.05, 0) is 33.6 Å². The molecule has 2 unspecified atom stereocenters. The minimum atomic E-state index is -0.438. The normalized spacial score (nSPS) is 13.3. The molecule has 0 heterocycles. The molecule has 0 aliphatic carbocycles. The van der Waals surface area contributed by atoms with Crippen LogP contribution in [0.15, 0.2) is 0 Å². The third kappa shape index (κ3) is 8.94. The summed E-state index contributed by atoms with van der Waals surface area (Å²) >= 11 is 1.48. The summed E-state index contributed by atoms with van der Waals surface area (Å²) in [6.45, 7) is 2.87. The lowest BCUT2D eigenvalue weighted by atomic mass is 9.98. The quantitative estimate of drug-likeness (QED) is 0.544. The fraction of sp³-hybridized carbons (Fsp3) is 0.733. The van der Waals surface area contributed by atoms with Crippen molar-refractivity contribution in [1.82, 2.24) is 10.6 Å². The summed E-state index contributed by atoms with van der Waals surface area (Å²) in [4.78, 5) is 46.2. The molecule has 0 aromatic carbocycles. The molecular weight excluding hydrogens is 304 g/mol. The van der Waals surface area contributed by atoms with E-state index < -0.39 is 5.92 Å². The molecule has 22 heavy (non-hydrogen) atoms. The first-order valence-electron chi connectivity index (χ1n) is 7.27. The van der Waals surface area contributed by atoms with Gasteiger partial charge in [0.25, 0.3) is 0 Å². The third-order valence-electron chi connectivity index (χ3n) is 3.28. The van der Waals surface area contributed by atoms with E-state index in [-0.39, 0.29) is 48.7 Å². The van der Waals surface area contributed by atoms with E-state index in [0.29, 0.717) is 12.2 Å². The van der Waals surface area contributed by atoms with Crippen LogP contribution in [0, 0.1) is 5.92 Å². The summed E-state index contributed by atoms with van der Waals surface area (Å²) in [7, 11) is 1.68. The SMILES string of the molecule is CNC(CCC(=O)CC(CSC)C(=O)NCC(C)=O)C(C)=O. The molecule has 0 spiro atoms. The monoisotopic (exact) mass is 330 g/mol. The van der Waals surface area contributed by atoms with Crippen molar-refractivity contribution in [3.8, 4) is 0 Å². The van der Waals surface area contributed by atoms with Crippen molar-refractivity contribution in [2.24, 2.45) is 5.92 Å². The standard InChI is InChI=1S/C15H26N2O4S/c1-10(18)8-17-15(21)12(9-22-4)7-13(20)5-6-14(16-3)11(2)19/h12,14,16H,5-9H2,1-4H3,(H,17,21). The highest BCUT2D eigenvalue weighted by molar-refractivity contribution is 7.98. The van der Waals surface area contributed by atoms with Crippen molar-refractivity contribution < 1.29 is 19.2 Å². The van der Waals surface area contributed by atoms with Crippen LogP contribution in [0.5, 0.6) is 0 Å². The van der Waals surface area contributed by atoms with Crippen LogP contribution in [-0.4, -0.2) is 54.9 Å². The van der Waals surface area contributed by atoms with E-state index in [1.165, 1.54) is 25.6 Å². The zero-order chi connectivity index (χ0) is 17.1. The highest BCUT2D eigenvalue weighted by Gasteiger charge is 2.22. The third-order valence-corrected chi connectivity index (χ3v) is 4.01. The minimum absolute atomic E-state index is 0.00448. The van der Waals surface area contributed by atoms with Gasteiger partial charge in [0.1, 0.15) is 17.3 Å². The fourth-order valence-electron chi connectivity index (χ4n) is 2.02. The number of hydrogen-bond donors (Lipinski definition) is 2. The van der Waals surface area contributed by atoms with Gasteiger partial charge in [0, 0.05) is 18.6 Å². The number of likely N-dealkylation sites (N-methyl/N-ethyl adjacent to an activating group) is 1. The zero-order valence-corrected chi connectivity index (χ0v) is 14.5. The molecule has 0 fully saturated rings. The maximum Gasteiger partial charge on any atom is 0.224 e. The first-order chi connectivity index (χ1) is 10.3. The Labute approximate surface area is 136 Å². The summed E-state index contributed by atoms with van der Waals surface area (Å²) in [6, 6.07) is -0.325. The molecule has 0 aromatic heterocycles. The number of rotatable bonds is 12. The second kappa shape index (κ2) is 11.4. The van der Waals surface area contributed by atoms with E-state index in [1.807, 2.05) is 6.26 Å². The van der Waals surface area contributed by atoms with Crippen LogP contribution in [0.1, 0.15) is 33.1 Å². The van der Waals surface area contributed by atoms with Gasteiger partial charge in [-0.2, -0.15) is 11.8 Å². The Balaban J connectivity index is 4.42. The van der Waals surface area contributed by atoms with Gasteiger partial charge in [-0.15, -0.1) is 0 Å². The molecule has 0 aromatic rings.